The molecule has 9 nitrogen and oxygen atoms in total. The first-order chi connectivity index (χ1) is 12.0. The Hall–Kier alpha value is -2.63. The van der Waals surface area contributed by atoms with E-state index in [1.807, 2.05) is 0 Å². The molecule has 1 N–H and O–H groups in total. The number of sulfonamides is 1. The number of likely N-dealkylation sites (N-methyl/N-ethyl adjacent to an activating group) is 1. The van der Waals surface area contributed by atoms with Crippen molar-refractivity contribution in [2.75, 3.05) is 18.9 Å². The molecule has 0 atom stereocenters. The van der Waals surface area contributed by atoms with Crippen molar-refractivity contribution in [2.24, 2.45) is 0 Å². The van der Waals surface area contributed by atoms with Gasteiger partial charge in [0, 0.05) is 12.7 Å². The number of benzene rings is 1. The van der Waals surface area contributed by atoms with Crippen LogP contribution in [0.3, 0.4) is 0 Å². The molecule has 130 valence electrons. The molecular formula is C14H14N6O3S2. The molecule has 0 saturated heterocycles. The van der Waals surface area contributed by atoms with Crippen LogP contribution in [0.4, 0.5) is 5.69 Å². The van der Waals surface area contributed by atoms with Crippen molar-refractivity contribution in [2.45, 2.75) is 4.21 Å². The number of tetrazole rings is 1. The van der Waals surface area contributed by atoms with Crippen molar-refractivity contribution in [3.63, 3.8) is 0 Å². The lowest BCUT2D eigenvalue weighted by molar-refractivity contribution is -0.116. The fraction of sp³-hybridized carbons (Fsp3) is 0.143. The number of nitrogens with one attached hydrogen (secondary N) is 1. The second-order valence-corrected chi connectivity index (χ2v) is 8.27. The van der Waals surface area contributed by atoms with Crippen LogP contribution in [0.5, 0.6) is 0 Å². The molecule has 25 heavy (non-hydrogen) atoms. The van der Waals surface area contributed by atoms with Crippen LogP contribution < -0.4 is 5.32 Å². The standard InChI is InChI=1S/C14H14N6O3S2/c1-19(25(22,23)14-6-3-7-24-14)9-13(21)16-11-4-2-5-12(8-11)20-10-15-17-18-20/h2-8,10H,9H2,1H3,(H,16,21). The molecular weight excluding hydrogens is 364 g/mol. The number of anilines is 1. The highest BCUT2D eigenvalue weighted by molar-refractivity contribution is 7.91. The summed E-state index contributed by atoms with van der Waals surface area (Å²) in [6, 6.07) is 10.0. The van der Waals surface area contributed by atoms with Crippen LogP contribution in [0.25, 0.3) is 5.69 Å². The Balaban J connectivity index is 1.68. The first-order valence-corrected chi connectivity index (χ1v) is 9.42. The van der Waals surface area contributed by atoms with Crippen LogP contribution in [-0.2, 0) is 14.8 Å². The van der Waals surface area contributed by atoms with E-state index < -0.39 is 15.9 Å². The molecule has 0 aliphatic rings. The summed E-state index contributed by atoms with van der Waals surface area (Å²) in [5.41, 5.74) is 1.18. The normalized spacial score (nSPS) is 11.6. The smallest absolute Gasteiger partial charge is 0.252 e. The Bertz CT molecular complexity index is 954. The molecule has 0 bridgehead atoms. The lowest BCUT2D eigenvalue weighted by Gasteiger charge is -2.15. The largest absolute Gasteiger partial charge is 0.325 e. The van der Waals surface area contributed by atoms with Crippen LogP contribution in [0, 0.1) is 0 Å². The highest BCUT2D eigenvalue weighted by atomic mass is 32.2. The van der Waals surface area contributed by atoms with E-state index in [0.717, 1.165) is 15.6 Å². The minimum Gasteiger partial charge on any atom is -0.325 e. The van der Waals surface area contributed by atoms with Gasteiger partial charge in [0.05, 0.1) is 12.2 Å². The maximum atomic E-state index is 12.3. The minimum absolute atomic E-state index is 0.198. The average Bonchev–Trinajstić information content (AvgIpc) is 3.29. The fourth-order valence-electron chi connectivity index (χ4n) is 2.06. The zero-order chi connectivity index (χ0) is 17.9. The second-order valence-electron chi connectivity index (χ2n) is 5.05. The zero-order valence-electron chi connectivity index (χ0n) is 13.1. The second kappa shape index (κ2) is 7.09. The molecule has 1 amide bonds. The molecule has 0 spiro atoms. The highest BCUT2D eigenvalue weighted by Crippen LogP contribution is 2.20. The van der Waals surface area contributed by atoms with E-state index in [1.54, 1.807) is 35.7 Å². The van der Waals surface area contributed by atoms with E-state index in [-0.39, 0.29) is 10.8 Å². The third-order valence-corrected chi connectivity index (χ3v) is 6.45. The first-order valence-electron chi connectivity index (χ1n) is 7.10. The molecule has 0 radical (unpaired) electrons. The molecule has 2 aromatic heterocycles. The van der Waals surface area contributed by atoms with Gasteiger partial charge in [-0.3, -0.25) is 4.79 Å². The van der Waals surface area contributed by atoms with Crippen molar-refractivity contribution in [1.82, 2.24) is 24.5 Å². The SMILES string of the molecule is CN(CC(=O)Nc1cccc(-n2cnnn2)c1)S(=O)(=O)c1cccs1. The number of carbonyl (C=O) groups is 1. The van der Waals surface area contributed by atoms with Gasteiger partial charge in [-0.25, -0.2) is 13.1 Å². The Morgan fingerprint density at radius 2 is 2.16 bits per heavy atom. The van der Waals surface area contributed by atoms with Crippen molar-refractivity contribution >= 4 is 33.0 Å². The van der Waals surface area contributed by atoms with Gasteiger partial charge in [0.1, 0.15) is 10.5 Å². The third kappa shape index (κ3) is 3.90. The van der Waals surface area contributed by atoms with Crippen molar-refractivity contribution in [1.29, 1.82) is 0 Å². The molecule has 0 fully saturated rings. The van der Waals surface area contributed by atoms with E-state index in [9.17, 15) is 13.2 Å². The molecule has 0 unspecified atom stereocenters. The van der Waals surface area contributed by atoms with Gasteiger partial charge in [-0.15, -0.1) is 16.4 Å². The molecule has 3 rings (SSSR count). The van der Waals surface area contributed by atoms with E-state index in [4.69, 9.17) is 0 Å². The summed E-state index contributed by atoms with van der Waals surface area (Å²) in [4.78, 5) is 12.2. The number of hydrogen-bond acceptors (Lipinski definition) is 7. The van der Waals surface area contributed by atoms with Crippen molar-refractivity contribution < 1.29 is 13.2 Å². The summed E-state index contributed by atoms with van der Waals surface area (Å²) in [5.74, 6) is -0.448. The van der Waals surface area contributed by atoms with Crippen LogP contribution in [0.15, 0.2) is 52.3 Å². The summed E-state index contributed by atoms with van der Waals surface area (Å²) in [6.07, 6.45) is 1.43. The molecule has 0 saturated carbocycles. The number of aromatic nitrogens is 4. The zero-order valence-corrected chi connectivity index (χ0v) is 14.7. The van der Waals surface area contributed by atoms with Gasteiger partial charge < -0.3 is 5.32 Å². The molecule has 2 heterocycles. The Morgan fingerprint density at radius 1 is 1.32 bits per heavy atom. The lowest BCUT2D eigenvalue weighted by atomic mass is 10.3. The number of hydrogen-bond donors (Lipinski definition) is 1. The van der Waals surface area contributed by atoms with Crippen LogP contribution in [0.2, 0.25) is 0 Å². The summed E-state index contributed by atoms with van der Waals surface area (Å²) < 4.78 is 27.3. The fourth-order valence-corrected chi connectivity index (χ4v) is 4.39. The highest BCUT2D eigenvalue weighted by Gasteiger charge is 2.23. The molecule has 0 aliphatic carbocycles. The van der Waals surface area contributed by atoms with Gasteiger partial charge in [-0.05, 0) is 40.1 Å². The van der Waals surface area contributed by atoms with Crippen LogP contribution >= 0.6 is 11.3 Å². The van der Waals surface area contributed by atoms with Crippen LogP contribution in [-0.4, -0.2) is 52.4 Å². The third-order valence-electron chi connectivity index (χ3n) is 3.27. The molecule has 3 aromatic rings. The van der Waals surface area contributed by atoms with E-state index in [0.29, 0.717) is 11.4 Å². The molecule has 11 heteroatoms. The summed E-state index contributed by atoms with van der Waals surface area (Å²) in [7, 11) is -2.30. The van der Waals surface area contributed by atoms with Gasteiger partial charge in [-0.2, -0.15) is 4.31 Å². The minimum atomic E-state index is -3.67. The van der Waals surface area contributed by atoms with Gasteiger partial charge in [-0.1, -0.05) is 12.1 Å². The number of nitrogens with zero attached hydrogens (tertiary/aromatic N) is 5. The van der Waals surface area contributed by atoms with Gasteiger partial charge in [0.25, 0.3) is 10.0 Å². The number of thiophene rings is 1. The first kappa shape index (κ1) is 17.2. The Labute approximate surface area is 147 Å². The van der Waals surface area contributed by atoms with Crippen molar-refractivity contribution in [3.8, 4) is 5.69 Å². The average molecular weight is 378 g/mol. The Morgan fingerprint density at radius 3 is 2.84 bits per heavy atom. The molecule has 1 aromatic carbocycles. The van der Waals surface area contributed by atoms with Gasteiger partial charge in [0.15, 0.2) is 0 Å². The van der Waals surface area contributed by atoms with Crippen LogP contribution in [0.1, 0.15) is 0 Å². The maximum Gasteiger partial charge on any atom is 0.252 e. The number of rotatable bonds is 6. The van der Waals surface area contributed by atoms with E-state index >= 15 is 0 Å². The predicted octanol–water partition coefficient (Wildman–Crippen LogP) is 0.983. The van der Waals surface area contributed by atoms with Gasteiger partial charge >= 0.3 is 0 Å². The summed E-state index contributed by atoms with van der Waals surface area (Å²) >= 11 is 1.11. The lowest BCUT2D eigenvalue weighted by Crippen LogP contribution is -2.34. The molecule has 0 aliphatic heterocycles. The van der Waals surface area contributed by atoms with E-state index in [2.05, 4.69) is 20.8 Å². The quantitative estimate of drug-likeness (QED) is 0.685. The Kier molecular flexibility index (Phi) is 4.88. The van der Waals surface area contributed by atoms with E-state index in [1.165, 1.54) is 24.1 Å². The van der Waals surface area contributed by atoms with Gasteiger partial charge in [0.2, 0.25) is 5.91 Å². The topological polar surface area (TPSA) is 110 Å². The van der Waals surface area contributed by atoms with Crippen molar-refractivity contribution in [3.05, 3.63) is 48.1 Å². The predicted molar refractivity (Wildman–Crippen MR) is 91.9 cm³/mol. The monoisotopic (exact) mass is 378 g/mol. The number of carbonyl (C=O) groups excluding carboxylic acids is 1. The maximum absolute atomic E-state index is 12.3. The summed E-state index contributed by atoms with van der Waals surface area (Å²) in [5, 5.41) is 15.2. The summed E-state index contributed by atoms with van der Waals surface area (Å²) in [6.45, 7) is -0.296. The number of amides is 1.